The summed E-state index contributed by atoms with van der Waals surface area (Å²) in [6, 6.07) is 7.23. The Hall–Kier alpha value is -1.46. The summed E-state index contributed by atoms with van der Waals surface area (Å²) in [6.45, 7) is 2.12. The van der Waals surface area contributed by atoms with Gasteiger partial charge in [-0.2, -0.15) is 0 Å². The summed E-state index contributed by atoms with van der Waals surface area (Å²) in [6.07, 6.45) is -1.28. The van der Waals surface area contributed by atoms with Crippen LogP contribution in [0.1, 0.15) is 22.8 Å². The highest BCUT2D eigenvalue weighted by atomic mass is 19.1. The summed E-state index contributed by atoms with van der Waals surface area (Å²) in [7, 11) is 0. The van der Waals surface area contributed by atoms with Crippen molar-refractivity contribution in [2.24, 2.45) is 0 Å². The first kappa shape index (κ1) is 13.0. The Morgan fingerprint density at radius 1 is 1.50 bits per heavy atom. The van der Waals surface area contributed by atoms with Gasteiger partial charge in [-0.25, -0.2) is 14.5 Å². The molecule has 0 saturated carbocycles. The molecule has 1 heterocycles. The third-order valence-corrected chi connectivity index (χ3v) is 2.77. The Kier molecular flexibility index (Phi) is 4.28. The summed E-state index contributed by atoms with van der Waals surface area (Å²) < 4.78 is 23.2. The minimum Gasteiger partial charge on any atom is -0.440 e. The van der Waals surface area contributed by atoms with Crippen molar-refractivity contribution in [2.75, 3.05) is 13.2 Å². The van der Waals surface area contributed by atoms with Gasteiger partial charge in [-0.15, -0.1) is 0 Å². The summed E-state index contributed by atoms with van der Waals surface area (Å²) in [5, 5.41) is 2.52. The summed E-state index contributed by atoms with van der Waals surface area (Å²) in [4.78, 5) is 12.0. The molecule has 4 nitrogen and oxygen atoms in total. The van der Waals surface area contributed by atoms with Crippen LogP contribution in [0.5, 0.6) is 0 Å². The zero-order valence-electron chi connectivity index (χ0n) is 10.2. The number of hydrogen-bond donors (Lipinski definition) is 1. The number of benzene rings is 1. The first-order valence-corrected chi connectivity index (χ1v) is 5.97. The standard InChI is InChI=1S/C13H16FNO3/c1-2-9-5-3-4-6-10(9)13(16)18-12-8-17-7-11(14)15-12/h3-6,11-12,15H,2,7-8H2,1H3. The topological polar surface area (TPSA) is 47.6 Å². The lowest BCUT2D eigenvalue weighted by atomic mass is 10.1. The predicted octanol–water partition coefficient (Wildman–Crippen LogP) is 1.65. The molecule has 1 aromatic carbocycles. The van der Waals surface area contributed by atoms with Crippen molar-refractivity contribution in [1.82, 2.24) is 5.32 Å². The summed E-state index contributed by atoms with van der Waals surface area (Å²) in [5.74, 6) is -0.456. The third kappa shape index (κ3) is 3.05. The van der Waals surface area contributed by atoms with Crippen LogP contribution >= 0.6 is 0 Å². The molecule has 0 bridgehead atoms. The summed E-state index contributed by atoms with van der Waals surface area (Å²) >= 11 is 0. The van der Waals surface area contributed by atoms with E-state index in [-0.39, 0.29) is 13.2 Å². The molecule has 1 saturated heterocycles. The lowest BCUT2D eigenvalue weighted by Crippen LogP contribution is -2.48. The van der Waals surface area contributed by atoms with Gasteiger partial charge in [-0.1, -0.05) is 25.1 Å². The molecule has 1 fully saturated rings. The van der Waals surface area contributed by atoms with Crippen molar-refractivity contribution in [3.05, 3.63) is 35.4 Å². The van der Waals surface area contributed by atoms with Crippen LogP contribution in [0.2, 0.25) is 0 Å². The lowest BCUT2D eigenvalue weighted by molar-refractivity contribution is -0.0801. The van der Waals surface area contributed by atoms with Crippen LogP contribution in [0.25, 0.3) is 0 Å². The van der Waals surface area contributed by atoms with E-state index < -0.39 is 18.5 Å². The van der Waals surface area contributed by atoms with Crippen molar-refractivity contribution in [3.8, 4) is 0 Å². The monoisotopic (exact) mass is 253 g/mol. The second kappa shape index (κ2) is 5.93. The van der Waals surface area contributed by atoms with Crippen LogP contribution in [0.3, 0.4) is 0 Å². The number of aryl methyl sites for hydroxylation is 1. The van der Waals surface area contributed by atoms with E-state index in [9.17, 15) is 9.18 Å². The summed E-state index contributed by atoms with van der Waals surface area (Å²) in [5.41, 5.74) is 1.43. The number of carbonyl (C=O) groups is 1. The normalized spacial score (nSPS) is 23.7. The van der Waals surface area contributed by atoms with E-state index in [1.807, 2.05) is 19.1 Å². The molecule has 0 radical (unpaired) electrons. The molecular formula is C13H16FNO3. The highest BCUT2D eigenvalue weighted by Gasteiger charge is 2.25. The first-order chi connectivity index (χ1) is 8.70. The highest BCUT2D eigenvalue weighted by Crippen LogP contribution is 2.13. The second-order valence-electron chi connectivity index (χ2n) is 4.08. The van der Waals surface area contributed by atoms with Crippen LogP contribution in [-0.2, 0) is 15.9 Å². The Morgan fingerprint density at radius 3 is 3.00 bits per heavy atom. The molecular weight excluding hydrogens is 237 g/mol. The average Bonchev–Trinajstić information content (AvgIpc) is 2.38. The number of ether oxygens (including phenoxy) is 2. The van der Waals surface area contributed by atoms with Crippen LogP contribution in [0.4, 0.5) is 4.39 Å². The molecule has 2 atom stereocenters. The molecule has 0 aromatic heterocycles. The van der Waals surface area contributed by atoms with Crippen molar-refractivity contribution in [1.29, 1.82) is 0 Å². The number of morpholine rings is 1. The van der Waals surface area contributed by atoms with Gasteiger partial charge in [0.25, 0.3) is 0 Å². The Bertz CT molecular complexity index is 424. The van der Waals surface area contributed by atoms with Crippen molar-refractivity contribution < 1.29 is 18.7 Å². The molecule has 5 heteroatoms. The quantitative estimate of drug-likeness (QED) is 0.657. The fourth-order valence-corrected chi connectivity index (χ4v) is 1.86. The average molecular weight is 253 g/mol. The fourth-order valence-electron chi connectivity index (χ4n) is 1.86. The number of hydrogen-bond acceptors (Lipinski definition) is 4. The Labute approximate surface area is 105 Å². The van der Waals surface area contributed by atoms with Gasteiger partial charge >= 0.3 is 5.97 Å². The van der Waals surface area contributed by atoms with Crippen molar-refractivity contribution >= 4 is 5.97 Å². The van der Waals surface area contributed by atoms with E-state index in [0.717, 1.165) is 12.0 Å². The van der Waals surface area contributed by atoms with Gasteiger partial charge in [-0.05, 0) is 18.1 Å². The third-order valence-electron chi connectivity index (χ3n) is 2.77. The minimum atomic E-state index is -1.29. The smallest absolute Gasteiger partial charge is 0.340 e. The molecule has 18 heavy (non-hydrogen) atoms. The van der Waals surface area contributed by atoms with Gasteiger partial charge in [0.05, 0.1) is 18.8 Å². The van der Waals surface area contributed by atoms with Crippen molar-refractivity contribution in [3.63, 3.8) is 0 Å². The van der Waals surface area contributed by atoms with Crippen LogP contribution in [0.15, 0.2) is 24.3 Å². The molecule has 98 valence electrons. The fraction of sp³-hybridized carbons (Fsp3) is 0.462. The molecule has 0 amide bonds. The van der Waals surface area contributed by atoms with E-state index >= 15 is 0 Å². The zero-order chi connectivity index (χ0) is 13.0. The molecule has 0 spiro atoms. The van der Waals surface area contributed by atoms with Gasteiger partial charge < -0.3 is 9.47 Å². The van der Waals surface area contributed by atoms with Gasteiger partial charge in [-0.3, -0.25) is 0 Å². The van der Waals surface area contributed by atoms with Crippen molar-refractivity contribution in [2.45, 2.75) is 25.9 Å². The van der Waals surface area contributed by atoms with E-state index in [1.54, 1.807) is 12.1 Å². The number of nitrogens with one attached hydrogen (secondary N) is 1. The Morgan fingerprint density at radius 2 is 2.28 bits per heavy atom. The van der Waals surface area contributed by atoms with E-state index in [0.29, 0.717) is 5.56 Å². The van der Waals surface area contributed by atoms with E-state index in [1.165, 1.54) is 0 Å². The number of esters is 1. The predicted molar refractivity (Wildman–Crippen MR) is 63.9 cm³/mol. The van der Waals surface area contributed by atoms with Crippen LogP contribution < -0.4 is 5.32 Å². The van der Waals surface area contributed by atoms with E-state index in [4.69, 9.17) is 9.47 Å². The van der Waals surface area contributed by atoms with Gasteiger partial charge in [0.1, 0.15) is 0 Å². The maximum Gasteiger partial charge on any atom is 0.340 e. The lowest BCUT2D eigenvalue weighted by Gasteiger charge is -2.26. The first-order valence-electron chi connectivity index (χ1n) is 5.97. The van der Waals surface area contributed by atoms with Crippen LogP contribution in [-0.4, -0.2) is 31.7 Å². The zero-order valence-corrected chi connectivity index (χ0v) is 10.2. The Balaban J connectivity index is 2.03. The number of halogens is 1. The molecule has 2 unspecified atom stereocenters. The molecule has 0 aliphatic carbocycles. The highest BCUT2D eigenvalue weighted by molar-refractivity contribution is 5.91. The van der Waals surface area contributed by atoms with Gasteiger partial charge in [0, 0.05) is 0 Å². The molecule has 2 rings (SSSR count). The molecule has 1 aliphatic rings. The number of alkyl halides is 1. The molecule has 1 aliphatic heterocycles. The number of rotatable bonds is 3. The van der Waals surface area contributed by atoms with Crippen LogP contribution in [0, 0.1) is 0 Å². The largest absolute Gasteiger partial charge is 0.440 e. The minimum absolute atomic E-state index is 0.0143. The maximum atomic E-state index is 13.0. The van der Waals surface area contributed by atoms with E-state index in [2.05, 4.69) is 5.32 Å². The second-order valence-corrected chi connectivity index (χ2v) is 4.08. The SMILES string of the molecule is CCc1ccccc1C(=O)OC1COCC(F)N1. The maximum absolute atomic E-state index is 13.0. The van der Waals surface area contributed by atoms with Gasteiger partial charge in [0.2, 0.25) is 0 Å². The van der Waals surface area contributed by atoms with Gasteiger partial charge in [0.15, 0.2) is 12.5 Å². The number of carbonyl (C=O) groups excluding carboxylic acids is 1. The molecule has 1 aromatic rings. The molecule has 1 N–H and O–H groups in total.